The molecule has 20 heavy (non-hydrogen) atoms. The van der Waals surface area contributed by atoms with Crippen LogP contribution < -0.4 is 10.5 Å². The molecule has 2 nitrogen and oxygen atoms in total. The van der Waals surface area contributed by atoms with Crippen LogP contribution in [0, 0.1) is 12.7 Å². The second-order valence-corrected chi connectivity index (χ2v) is 5.40. The molecule has 0 spiro atoms. The summed E-state index contributed by atoms with van der Waals surface area (Å²) in [7, 11) is 1.65. The molecule has 0 amide bonds. The van der Waals surface area contributed by atoms with E-state index in [4.69, 9.17) is 10.5 Å². The molecular formula is C17H20FNO. The summed E-state index contributed by atoms with van der Waals surface area (Å²) in [5, 5.41) is 0. The first kappa shape index (κ1) is 14.5. The molecule has 106 valence electrons. The predicted molar refractivity (Wildman–Crippen MR) is 79.4 cm³/mol. The van der Waals surface area contributed by atoms with Crippen molar-refractivity contribution in [2.24, 2.45) is 5.73 Å². The van der Waals surface area contributed by atoms with Crippen molar-refractivity contribution >= 4 is 0 Å². The summed E-state index contributed by atoms with van der Waals surface area (Å²) < 4.78 is 18.2. The second-order valence-electron chi connectivity index (χ2n) is 5.40. The van der Waals surface area contributed by atoms with Crippen LogP contribution in [0.15, 0.2) is 42.5 Å². The van der Waals surface area contributed by atoms with Crippen molar-refractivity contribution in [3.05, 3.63) is 65.0 Å². The molecule has 1 atom stereocenters. The van der Waals surface area contributed by atoms with E-state index in [1.807, 2.05) is 32.0 Å². The van der Waals surface area contributed by atoms with E-state index in [-0.39, 0.29) is 5.82 Å². The number of hydrogen-bond donors (Lipinski definition) is 1. The fraction of sp³-hybridized carbons (Fsp3) is 0.294. The number of ether oxygens (including phenoxy) is 1. The lowest BCUT2D eigenvalue weighted by Gasteiger charge is -2.27. The molecule has 0 fully saturated rings. The number of benzene rings is 2. The molecule has 0 radical (unpaired) electrons. The number of halogens is 1. The van der Waals surface area contributed by atoms with Gasteiger partial charge in [-0.2, -0.15) is 0 Å². The van der Waals surface area contributed by atoms with Crippen LogP contribution in [0.1, 0.15) is 23.6 Å². The molecule has 3 heteroatoms. The van der Waals surface area contributed by atoms with Gasteiger partial charge in [-0.05, 0) is 61.2 Å². The lowest BCUT2D eigenvalue weighted by atomic mass is 9.84. The predicted octanol–water partition coefficient (Wildman–Crippen LogP) is 3.56. The van der Waals surface area contributed by atoms with E-state index in [0.29, 0.717) is 6.42 Å². The van der Waals surface area contributed by atoms with E-state index < -0.39 is 5.54 Å². The summed E-state index contributed by atoms with van der Waals surface area (Å²) in [5.41, 5.74) is 9.15. The zero-order valence-corrected chi connectivity index (χ0v) is 12.1. The highest BCUT2D eigenvalue weighted by atomic mass is 19.1. The van der Waals surface area contributed by atoms with Crippen LogP contribution in [-0.4, -0.2) is 7.11 Å². The van der Waals surface area contributed by atoms with Crippen LogP contribution in [0.2, 0.25) is 0 Å². The molecule has 0 saturated heterocycles. The minimum Gasteiger partial charge on any atom is -0.497 e. The van der Waals surface area contributed by atoms with Crippen molar-refractivity contribution in [1.82, 2.24) is 0 Å². The molecule has 1 unspecified atom stereocenters. The van der Waals surface area contributed by atoms with Crippen LogP contribution in [-0.2, 0) is 12.0 Å². The molecule has 2 aromatic rings. The summed E-state index contributed by atoms with van der Waals surface area (Å²) in [6.07, 6.45) is 0.653. The van der Waals surface area contributed by atoms with Crippen LogP contribution in [0.25, 0.3) is 0 Å². The maximum absolute atomic E-state index is 12.9. The molecule has 2 N–H and O–H groups in total. The Morgan fingerprint density at radius 3 is 2.35 bits per heavy atom. The Morgan fingerprint density at radius 2 is 1.80 bits per heavy atom. The highest BCUT2D eigenvalue weighted by Gasteiger charge is 2.23. The molecule has 0 aliphatic rings. The zero-order valence-electron chi connectivity index (χ0n) is 12.1. The summed E-state index contributed by atoms with van der Waals surface area (Å²) in [4.78, 5) is 0. The molecular weight excluding hydrogens is 253 g/mol. The molecule has 2 aromatic carbocycles. The standard InChI is InChI=1S/C17H20FNO/c1-12-10-15(20-3)8-9-16(12)17(2,19)11-13-4-6-14(18)7-5-13/h4-10H,11,19H2,1-3H3. The normalized spacial score (nSPS) is 13.8. The summed E-state index contributed by atoms with van der Waals surface area (Å²) in [6.45, 7) is 4.01. The Morgan fingerprint density at radius 1 is 1.15 bits per heavy atom. The minimum atomic E-state index is -0.506. The maximum Gasteiger partial charge on any atom is 0.123 e. The highest BCUT2D eigenvalue weighted by molar-refractivity contribution is 5.39. The molecule has 0 aliphatic heterocycles. The van der Waals surface area contributed by atoms with E-state index in [9.17, 15) is 4.39 Å². The Kier molecular flexibility index (Phi) is 4.09. The van der Waals surface area contributed by atoms with Crippen molar-refractivity contribution in [2.45, 2.75) is 25.8 Å². The summed E-state index contributed by atoms with van der Waals surface area (Å²) in [5.74, 6) is 0.594. The first-order valence-corrected chi connectivity index (χ1v) is 6.61. The molecule has 0 aliphatic carbocycles. The molecule has 0 heterocycles. The van der Waals surface area contributed by atoms with Gasteiger partial charge in [0.15, 0.2) is 0 Å². The molecule has 0 bridgehead atoms. The van der Waals surface area contributed by atoms with Gasteiger partial charge in [-0.3, -0.25) is 0 Å². The maximum atomic E-state index is 12.9. The molecule has 2 rings (SSSR count). The Bertz CT molecular complexity index is 590. The van der Waals surface area contributed by atoms with Crippen molar-refractivity contribution in [3.63, 3.8) is 0 Å². The molecule has 0 saturated carbocycles. The van der Waals surface area contributed by atoms with Gasteiger partial charge >= 0.3 is 0 Å². The van der Waals surface area contributed by atoms with Crippen molar-refractivity contribution in [3.8, 4) is 5.75 Å². The lowest BCUT2D eigenvalue weighted by Crippen LogP contribution is -2.36. The third-order valence-electron chi connectivity index (χ3n) is 3.53. The fourth-order valence-corrected chi connectivity index (χ4v) is 2.53. The van der Waals surface area contributed by atoms with Gasteiger partial charge in [-0.25, -0.2) is 4.39 Å². The second kappa shape index (κ2) is 5.63. The summed E-state index contributed by atoms with van der Waals surface area (Å²) >= 11 is 0. The van der Waals surface area contributed by atoms with E-state index in [1.54, 1.807) is 19.2 Å². The van der Waals surface area contributed by atoms with Crippen LogP contribution >= 0.6 is 0 Å². The van der Waals surface area contributed by atoms with E-state index in [2.05, 4.69) is 0 Å². The number of nitrogens with two attached hydrogens (primary N) is 1. The molecule has 0 aromatic heterocycles. The van der Waals surface area contributed by atoms with Crippen molar-refractivity contribution in [2.75, 3.05) is 7.11 Å². The number of hydrogen-bond acceptors (Lipinski definition) is 2. The van der Waals surface area contributed by atoms with Crippen LogP contribution in [0.3, 0.4) is 0 Å². The Labute approximate surface area is 119 Å². The monoisotopic (exact) mass is 273 g/mol. The third-order valence-corrected chi connectivity index (χ3v) is 3.53. The van der Waals surface area contributed by atoms with Gasteiger partial charge in [-0.15, -0.1) is 0 Å². The zero-order chi connectivity index (χ0) is 14.8. The van der Waals surface area contributed by atoms with Crippen LogP contribution in [0.4, 0.5) is 4.39 Å². The van der Waals surface area contributed by atoms with Gasteiger partial charge in [0.1, 0.15) is 11.6 Å². The van der Waals surface area contributed by atoms with Crippen molar-refractivity contribution < 1.29 is 9.13 Å². The number of rotatable bonds is 4. The first-order valence-electron chi connectivity index (χ1n) is 6.61. The minimum absolute atomic E-state index is 0.229. The number of aryl methyl sites for hydroxylation is 1. The first-order chi connectivity index (χ1) is 9.42. The average molecular weight is 273 g/mol. The smallest absolute Gasteiger partial charge is 0.123 e. The van der Waals surface area contributed by atoms with Crippen molar-refractivity contribution in [1.29, 1.82) is 0 Å². The average Bonchev–Trinajstić information content (AvgIpc) is 2.40. The third kappa shape index (κ3) is 3.17. The summed E-state index contributed by atoms with van der Waals surface area (Å²) in [6, 6.07) is 12.4. The SMILES string of the molecule is COc1ccc(C(C)(N)Cc2ccc(F)cc2)c(C)c1. The largest absolute Gasteiger partial charge is 0.497 e. The fourth-order valence-electron chi connectivity index (χ4n) is 2.53. The Hall–Kier alpha value is -1.87. The van der Waals surface area contributed by atoms with Gasteiger partial charge < -0.3 is 10.5 Å². The number of methoxy groups -OCH3 is 1. The van der Waals surface area contributed by atoms with E-state index in [0.717, 1.165) is 22.4 Å². The van der Waals surface area contributed by atoms with Gasteiger partial charge in [0, 0.05) is 5.54 Å². The van der Waals surface area contributed by atoms with Gasteiger partial charge in [0.05, 0.1) is 7.11 Å². The van der Waals surface area contributed by atoms with Crippen LogP contribution in [0.5, 0.6) is 5.75 Å². The van der Waals surface area contributed by atoms with E-state index >= 15 is 0 Å². The Balaban J connectivity index is 2.27. The lowest BCUT2D eigenvalue weighted by molar-refractivity contribution is 0.413. The van der Waals surface area contributed by atoms with Gasteiger partial charge in [0.2, 0.25) is 0 Å². The van der Waals surface area contributed by atoms with Gasteiger partial charge in [0.25, 0.3) is 0 Å². The topological polar surface area (TPSA) is 35.2 Å². The quantitative estimate of drug-likeness (QED) is 0.924. The van der Waals surface area contributed by atoms with Gasteiger partial charge in [-0.1, -0.05) is 18.2 Å². The van der Waals surface area contributed by atoms with E-state index in [1.165, 1.54) is 12.1 Å². The highest BCUT2D eigenvalue weighted by Crippen LogP contribution is 2.28.